The third-order valence-electron chi connectivity index (χ3n) is 5.94. The van der Waals surface area contributed by atoms with Crippen molar-refractivity contribution in [1.82, 2.24) is 9.80 Å². The van der Waals surface area contributed by atoms with Crippen LogP contribution in [0.4, 0.5) is 0 Å². The second kappa shape index (κ2) is 7.30. The summed E-state index contributed by atoms with van der Waals surface area (Å²) in [6.45, 7) is 8.96. The predicted molar refractivity (Wildman–Crippen MR) is 99.1 cm³/mol. The monoisotopic (exact) mass is 340 g/mol. The fourth-order valence-corrected chi connectivity index (χ4v) is 4.32. The highest BCUT2D eigenvalue weighted by Gasteiger charge is 2.42. The number of piperidine rings is 1. The minimum absolute atomic E-state index is 0.0400. The maximum Gasteiger partial charge on any atom is 0.234 e. The Kier molecular flexibility index (Phi) is 4.91. The lowest BCUT2D eigenvalue weighted by Gasteiger charge is -2.36. The highest BCUT2D eigenvalue weighted by atomic mass is 16.5. The first-order valence-corrected chi connectivity index (χ1v) is 9.59. The molecule has 0 radical (unpaired) electrons. The molecular weight excluding hydrogens is 312 g/mol. The van der Waals surface area contributed by atoms with Crippen molar-refractivity contribution in [3.63, 3.8) is 0 Å². The molecule has 134 valence electrons. The number of nitrogens with zero attached hydrogens (tertiary/aromatic N) is 2. The molecule has 0 saturated carbocycles. The van der Waals surface area contributed by atoms with Gasteiger partial charge in [0.25, 0.3) is 0 Å². The molecule has 0 N–H and O–H groups in total. The van der Waals surface area contributed by atoms with Crippen LogP contribution in [0.25, 0.3) is 5.57 Å². The number of carbonyl (C=O) groups excluding carboxylic acids is 1. The van der Waals surface area contributed by atoms with E-state index < -0.39 is 0 Å². The Hall–Kier alpha value is -1.65. The molecule has 25 heavy (non-hydrogen) atoms. The zero-order valence-electron chi connectivity index (χ0n) is 15.1. The molecule has 3 aliphatic rings. The Morgan fingerprint density at radius 3 is 2.44 bits per heavy atom. The molecule has 2 fully saturated rings. The van der Waals surface area contributed by atoms with Crippen molar-refractivity contribution in [2.45, 2.75) is 19.8 Å². The molecule has 0 aromatic heterocycles. The lowest BCUT2D eigenvalue weighted by molar-refractivity contribution is -0.133. The van der Waals surface area contributed by atoms with Crippen LogP contribution in [0.3, 0.4) is 0 Å². The summed E-state index contributed by atoms with van der Waals surface area (Å²) in [5.41, 5.74) is 3.72. The zero-order chi connectivity index (χ0) is 17.2. The van der Waals surface area contributed by atoms with E-state index in [2.05, 4.69) is 28.9 Å². The van der Waals surface area contributed by atoms with Gasteiger partial charge in [0.1, 0.15) is 0 Å². The SMILES string of the molecule is CC1=C(c2ccccc2)[C@H]1C(=O)N1CCC(CN2CCOCC2)CC1. The number of rotatable bonds is 4. The molecule has 1 aliphatic carbocycles. The van der Waals surface area contributed by atoms with Gasteiger partial charge in [-0.25, -0.2) is 0 Å². The molecule has 4 heteroatoms. The minimum atomic E-state index is 0.0400. The van der Waals surface area contributed by atoms with E-state index >= 15 is 0 Å². The van der Waals surface area contributed by atoms with Crippen molar-refractivity contribution < 1.29 is 9.53 Å². The van der Waals surface area contributed by atoms with Crippen LogP contribution in [-0.2, 0) is 9.53 Å². The van der Waals surface area contributed by atoms with Crippen molar-refractivity contribution >= 4 is 11.5 Å². The van der Waals surface area contributed by atoms with E-state index in [1.165, 1.54) is 23.3 Å². The van der Waals surface area contributed by atoms with Gasteiger partial charge >= 0.3 is 0 Å². The molecule has 0 spiro atoms. The fourth-order valence-electron chi connectivity index (χ4n) is 4.32. The van der Waals surface area contributed by atoms with Crippen LogP contribution in [0.1, 0.15) is 25.3 Å². The van der Waals surface area contributed by atoms with Gasteiger partial charge in [-0.1, -0.05) is 35.9 Å². The highest BCUT2D eigenvalue weighted by Crippen LogP contribution is 2.47. The predicted octanol–water partition coefficient (Wildman–Crippen LogP) is 2.66. The summed E-state index contributed by atoms with van der Waals surface area (Å²) in [5.74, 6) is 1.09. The van der Waals surface area contributed by atoms with Crippen molar-refractivity contribution in [3.8, 4) is 0 Å². The first kappa shape index (κ1) is 16.8. The Labute approximate surface area is 150 Å². The summed E-state index contributed by atoms with van der Waals surface area (Å²) in [7, 11) is 0. The smallest absolute Gasteiger partial charge is 0.234 e. The quantitative estimate of drug-likeness (QED) is 0.845. The summed E-state index contributed by atoms with van der Waals surface area (Å²) in [6, 6.07) is 10.3. The number of morpholine rings is 1. The van der Waals surface area contributed by atoms with Crippen LogP contribution in [0.15, 0.2) is 35.9 Å². The Balaban J connectivity index is 1.28. The van der Waals surface area contributed by atoms with Crippen LogP contribution in [0, 0.1) is 11.8 Å². The second-order valence-corrected chi connectivity index (χ2v) is 7.58. The maximum absolute atomic E-state index is 12.9. The van der Waals surface area contributed by atoms with Gasteiger partial charge in [-0.05, 0) is 36.8 Å². The van der Waals surface area contributed by atoms with E-state index in [1.807, 2.05) is 18.2 Å². The average Bonchev–Trinajstić information content (AvgIpc) is 3.34. The number of likely N-dealkylation sites (tertiary alicyclic amines) is 1. The van der Waals surface area contributed by atoms with Gasteiger partial charge < -0.3 is 9.64 Å². The van der Waals surface area contributed by atoms with Gasteiger partial charge in [0.2, 0.25) is 5.91 Å². The topological polar surface area (TPSA) is 32.8 Å². The normalized spacial score (nSPS) is 25.3. The summed E-state index contributed by atoms with van der Waals surface area (Å²) in [5, 5.41) is 0. The third kappa shape index (κ3) is 3.65. The Morgan fingerprint density at radius 1 is 1.08 bits per heavy atom. The van der Waals surface area contributed by atoms with E-state index in [9.17, 15) is 4.79 Å². The van der Waals surface area contributed by atoms with Crippen molar-refractivity contribution in [3.05, 3.63) is 41.5 Å². The summed E-state index contributed by atoms with van der Waals surface area (Å²) >= 11 is 0. The molecule has 0 bridgehead atoms. The van der Waals surface area contributed by atoms with Gasteiger partial charge in [0.15, 0.2) is 0 Å². The second-order valence-electron chi connectivity index (χ2n) is 7.58. The number of carbonyl (C=O) groups is 1. The first-order chi connectivity index (χ1) is 12.2. The van der Waals surface area contributed by atoms with E-state index in [-0.39, 0.29) is 5.92 Å². The maximum atomic E-state index is 12.9. The molecule has 2 aliphatic heterocycles. The van der Waals surface area contributed by atoms with Crippen LogP contribution in [-0.4, -0.2) is 61.6 Å². The largest absolute Gasteiger partial charge is 0.379 e. The summed E-state index contributed by atoms with van der Waals surface area (Å²) in [6.07, 6.45) is 2.27. The molecule has 2 heterocycles. The Bertz CT molecular complexity index is 641. The van der Waals surface area contributed by atoms with Gasteiger partial charge in [0, 0.05) is 32.7 Å². The number of ether oxygens (including phenoxy) is 1. The summed E-state index contributed by atoms with van der Waals surface area (Å²) in [4.78, 5) is 17.5. The van der Waals surface area contributed by atoms with Crippen molar-refractivity contribution in [1.29, 1.82) is 0 Å². The van der Waals surface area contributed by atoms with E-state index in [0.29, 0.717) is 5.91 Å². The van der Waals surface area contributed by atoms with Crippen LogP contribution in [0.2, 0.25) is 0 Å². The highest BCUT2D eigenvalue weighted by molar-refractivity contribution is 6.05. The lowest BCUT2D eigenvalue weighted by atomic mass is 9.95. The molecule has 4 rings (SSSR count). The third-order valence-corrected chi connectivity index (χ3v) is 5.94. The van der Waals surface area contributed by atoms with Crippen LogP contribution >= 0.6 is 0 Å². The number of amides is 1. The minimum Gasteiger partial charge on any atom is -0.379 e. The lowest BCUT2D eigenvalue weighted by Crippen LogP contribution is -2.44. The van der Waals surface area contributed by atoms with Crippen LogP contribution in [0.5, 0.6) is 0 Å². The van der Waals surface area contributed by atoms with E-state index in [1.54, 1.807) is 0 Å². The van der Waals surface area contributed by atoms with E-state index in [4.69, 9.17) is 4.74 Å². The number of hydrogen-bond donors (Lipinski definition) is 0. The molecule has 0 unspecified atom stereocenters. The van der Waals surface area contributed by atoms with Gasteiger partial charge in [0.05, 0.1) is 19.1 Å². The molecule has 1 amide bonds. The Morgan fingerprint density at radius 2 is 1.76 bits per heavy atom. The molecule has 1 atom stereocenters. The summed E-state index contributed by atoms with van der Waals surface area (Å²) < 4.78 is 5.43. The molecule has 1 aromatic carbocycles. The number of benzene rings is 1. The van der Waals surface area contributed by atoms with E-state index in [0.717, 1.165) is 58.2 Å². The van der Waals surface area contributed by atoms with Gasteiger partial charge in [-0.2, -0.15) is 0 Å². The zero-order valence-corrected chi connectivity index (χ0v) is 15.1. The molecular formula is C21H28N2O2. The van der Waals surface area contributed by atoms with Crippen molar-refractivity contribution in [2.24, 2.45) is 11.8 Å². The molecule has 1 aromatic rings. The molecule has 4 nitrogen and oxygen atoms in total. The fraction of sp³-hybridized carbons (Fsp3) is 0.571. The van der Waals surface area contributed by atoms with Gasteiger partial charge in [-0.15, -0.1) is 0 Å². The average molecular weight is 340 g/mol. The van der Waals surface area contributed by atoms with Crippen LogP contribution < -0.4 is 0 Å². The number of hydrogen-bond acceptors (Lipinski definition) is 3. The molecule has 2 saturated heterocycles. The van der Waals surface area contributed by atoms with Gasteiger partial charge in [-0.3, -0.25) is 9.69 Å². The first-order valence-electron chi connectivity index (χ1n) is 9.59. The standard InChI is InChI=1S/C21H28N2O2/c1-16-19(18-5-3-2-4-6-18)20(16)21(24)23-9-7-17(8-10-23)15-22-11-13-25-14-12-22/h2-6,17,20H,7-15H2,1H3/t20-/m0/s1. The van der Waals surface area contributed by atoms with Crippen molar-refractivity contribution in [2.75, 3.05) is 45.9 Å².